The number of nitrogens with one attached hydrogen (secondary N) is 1. The first-order chi connectivity index (χ1) is 16.8. The van der Waals surface area contributed by atoms with Crippen LogP contribution in [0.3, 0.4) is 0 Å². The highest BCUT2D eigenvalue weighted by molar-refractivity contribution is 14.1. The van der Waals surface area contributed by atoms with Crippen molar-refractivity contribution in [3.05, 3.63) is 0 Å². The summed E-state index contributed by atoms with van der Waals surface area (Å²) in [4.78, 5) is 0. The molecule has 0 aromatic heterocycles. The SMILES string of the molecule is [3H]N(I)B(B(B(B([B])[B])B([B])[B])B(B([B])[B])B([B])[B])B(B(B([B])[B])B([B])[B])B(B([B])[B])B([B][B-])B([B])[B-]. The molecule has 0 unspecified atom stereocenters. The lowest BCUT2D eigenvalue weighted by Crippen LogP contribution is -2.89. The van der Waals surface area contributed by atoms with Gasteiger partial charge in [0.2, 0.25) is 0 Å². The van der Waals surface area contributed by atoms with Crippen molar-refractivity contribution in [2.45, 2.75) is 0 Å². The zero-order chi connectivity index (χ0) is 29.5. The third-order valence-electron chi connectivity index (χ3n) is 6.90. The molecule has 0 aromatic rings. The van der Waals surface area contributed by atoms with Gasteiger partial charge in [0.15, 0.2) is 0 Å². The van der Waals surface area contributed by atoms with Crippen LogP contribution in [-0.4, -0.2) is 241 Å². The minimum absolute atomic E-state index is 0.836. The van der Waals surface area contributed by atoms with Gasteiger partial charge in [-0.1, -0.05) is 6.39 Å². The van der Waals surface area contributed by atoms with Crippen molar-refractivity contribution in [2.24, 2.45) is 0 Å². The Morgan fingerprint density at radius 2 is 0.778 bits per heavy atom. The summed E-state index contributed by atoms with van der Waals surface area (Å²) in [5, 5.41) is 0. The van der Waals surface area contributed by atoms with Gasteiger partial charge in [0.05, 0.1) is 0 Å². The summed E-state index contributed by atoms with van der Waals surface area (Å²) >= 11 is 1.71. The molecule has 0 aliphatic rings. The first-order valence-corrected chi connectivity index (χ1v) is 12.4. The van der Waals surface area contributed by atoms with Crippen LogP contribution in [0.1, 0.15) is 0 Å². The van der Waals surface area contributed by atoms with E-state index >= 15 is 0 Å². The molecule has 117 valence electrons. The van der Waals surface area contributed by atoms with Gasteiger partial charge in [-0.2, -0.15) is 0 Å². The summed E-state index contributed by atoms with van der Waals surface area (Å²) < 4.78 is 9.84. The first kappa shape index (κ1) is 36.9. The molecular weight excluding hydrogens is 509 g/mol. The molecule has 0 rings (SSSR count). The van der Waals surface area contributed by atoms with Crippen LogP contribution in [0, 0.1) is 0 Å². The largest absolute Gasteiger partial charge is 0.690 e. The van der Waals surface area contributed by atoms with Crippen LogP contribution in [0.15, 0.2) is 0 Å². The van der Waals surface area contributed by atoms with Gasteiger partial charge in [-0.05, 0) is 36.0 Å². The number of halogens is 1. The molecule has 0 saturated heterocycles. The first-order valence-electron chi connectivity index (χ1n) is 11.9. The van der Waals surface area contributed by atoms with Gasteiger partial charge in [0, 0.05) is 186 Å². The van der Waals surface area contributed by atoms with Crippen LogP contribution in [0.5, 0.6) is 0 Å². The minimum Gasteiger partial charge on any atom is -0.690 e. The topological polar surface area (TPSA) is 12.0 Å². The molecule has 0 atom stereocenters. The van der Waals surface area contributed by atoms with Gasteiger partial charge in [-0.25, -0.2) is 6.39 Å². The fourth-order valence-corrected chi connectivity index (χ4v) is 6.15. The van der Waals surface area contributed by atoms with E-state index in [9.17, 15) is 0 Å². The van der Waals surface area contributed by atoms with Crippen LogP contribution in [0.25, 0.3) is 0 Å². The van der Waals surface area contributed by atoms with E-state index in [1.54, 1.807) is 22.9 Å². The predicted octanol–water partition coefficient (Wildman–Crippen LogP) is -12.6. The van der Waals surface area contributed by atoms with Crippen molar-refractivity contribution in [2.75, 3.05) is 0 Å². The highest BCUT2D eigenvalue weighted by Gasteiger charge is 2.54. The van der Waals surface area contributed by atoms with E-state index in [1.165, 1.54) is 7.06 Å². The van der Waals surface area contributed by atoms with Gasteiger partial charge in [-0.15, -0.1) is 0 Å². The van der Waals surface area contributed by atoms with E-state index in [4.69, 9.17) is 133 Å². The lowest BCUT2D eigenvalue weighted by atomic mass is 8.34. The zero-order valence-corrected chi connectivity index (χ0v) is 22.6. The van der Waals surface area contributed by atoms with Gasteiger partial charge < -0.3 is 18.9 Å². The molecule has 0 fully saturated rings. The highest BCUT2D eigenvalue weighted by atomic mass is 127. The Labute approximate surface area is 266 Å². The molecule has 0 aromatic carbocycles. The monoisotopic (exact) mass is 518 g/mol. The molecule has 36 heavy (non-hydrogen) atoms. The molecule has 36 heteroatoms. The summed E-state index contributed by atoms with van der Waals surface area (Å²) in [7, 11) is 106. The minimum atomic E-state index is -1.15. The van der Waals surface area contributed by atoms with E-state index in [0.29, 0.717) is 0 Å². The Balaban J connectivity index is 7.77. The van der Waals surface area contributed by atoms with Crippen molar-refractivity contribution in [1.82, 2.24) is 3.43 Å². The Kier molecular flexibility index (Phi) is 18.9. The maximum atomic E-state index is 8.81. The molecule has 37 radical (unpaired) electrons. The standard InChI is InChI=1S/B34HIN/c1-18-27(19(2)3)31(26(16)17)33(30(24(12)13)25(14)15)34(36-35)32(28(20(4)5)21(6)7)29(22(8)9)23(10)11/h36H/q-2/i/hT. The van der Waals surface area contributed by atoms with Crippen molar-refractivity contribution in [1.29, 1.82) is 0 Å². The quantitative estimate of drug-likeness (QED) is 0.116. The predicted molar refractivity (Wildman–Crippen MR) is 213 cm³/mol. The number of rotatable bonds is 17. The lowest BCUT2D eigenvalue weighted by molar-refractivity contribution is 1.79. The van der Waals surface area contributed by atoms with Gasteiger partial charge in [0.25, 0.3) is 0 Å². The molecule has 0 spiro atoms. The maximum Gasteiger partial charge on any atom is 0.129 e. The van der Waals surface area contributed by atoms with Gasteiger partial charge in [0.1, 0.15) is 8.04 Å². The van der Waals surface area contributed by atoms with Crippen LogP contribution in [0.4, 0.5) is 0 Å². The van der Waals surface area contributed by atoms with Gasteiger partial charge in [-0.3, -0.25) is 7.06 Å². The highest BCUT2D eigenvalue weighted by Crippen LogP contribution is 2.15. The normalized spacial score (nSPS) is 10.2. The second-order valence-corrected chi connectivity index (χ2v) is 10.00. The lowest BCUT2D eigenvalue weighted by Gasteiger charge is -2.52. The Morgan fingerprint density at radius 3 is 0.944 bits per heavy atom. The third-order valence-corrected chi connectivity index (χ3v) is 7.54. The molecule has 0 amide bonds. The molecule has 0 saturated carbocycles. The summed E-state index contributed by atoms with van der Waals surface area (Å²) in [6.07, 6.45) is -15.6. The van der Waals surface area contributed by atoms with E-state index in [0.717, 1.165) is 3.43 Å². The van der Waals surface area contributed by atoms with E-state index in [1.807, 2.05) is 0 Å². The third kappa shape index (κ3) is 10.6. The second kappa shape index (κ2) is 18.4. The van der Waals surface area contributed by atoms with Gasteiger partial charge >= 0.3 is 0 Å². The van der Waals surface area contributed by atoms with Crippen LogP contribution in [-0.2, 0) is 0 Å². The smallest absolute Gasteiger partial charge is 0.129 e. The molecular formula is HB34IN-2. The average Bonchev–Trinajstić information content (AvgIpc) is 2.68. The number of hydrogen-bond acceptors (Lipinski definition) is 1. The molecule has 0 heterocycles. The molecule has 0 aliphatic carbocycles. The van der Waals surface area contributed by atoms with Crippen molar-refractivity contribution in [3.63, 3.8) is 0 Å². The van der Waals surface area contributed by atoms with E-state index < -0.39 is 102 Å². The van der Waals surface area contributed by atoms with Crippen molar-refractivity contribution >= 4 is 264 Å². The Bertz CT molecular complexity index is 551. The summed E-state index contributed by atoms with van der Waals surface area (Å²) in [6, 6.07) is 0. The van der Waals surface area contributed by atoms with E-state index in [-0.39, 0.29) is 0 Å². The molecule has 0 aliphatic heterocycles. The fraction of sp³-hybridized carbons (Fsp3) is 0. The van der Waals surface area contributed by atoms with Crippen molar-refractivity contribution in [3.8, 4) is 0 Å². The number of hydrogen-bond donors (Lipinski definition) is 1. The summed E-state index contributed by atoms with van der Waals surface area (Å²) in [5.41, 5.74) is 0. The van der Waals surface area contributed by atoms with E-state index in [2.05, 4.69) is 0 Å². The molecule has 0 bridgehead atoms. The van der Waals surface area contributed by atoms with Crippen LogP contribution in [0.2, 0.25) is 1.41 Å². The molecule has 1 N–H and O–H groups in total. The molecule has 1 nitrogen and oxygen atoms in total. The zero-order valence-electron chi connectivity index (χ0n) is 21.5. The Hall–Kier alpha value is 2.90. The average molecular weight is 512 g/mol. The summed E-state index contributed by atoms with van der Waals surface area (Å²) in [6.45, 7) is -1.07. The maximum absolute atomic E-state index is 8.81. The Morgan fingerprint density at radius 1 is 0.528 bits per heavy atom. The summed E-state index contributed by atoms with van der Waals surface area (Å²) in [5.74, 6) is 0. The second-order valence-electron chi connectivity index (χ2n) is 9.44. The fourth-order valence-electron chi connectivity index (χ4n) is 5.40. The van der Waals surface area contributed by atoms with Crippen molar-refractivity contribution < 1.29 is 1.41 Å². The van der Waals surface area contributed by atoms with Crippen LogP contribution < -0.4 is 3.43 Å². The van der Waals surface area contributed by atoms with Crippen LogP contribution >= 0.6 is 22.9 Å².